The largest absolute Gasteiger partial charge is 0.399 e. The SMILES string of the molecule is Cc1c(N)cccc1C(C)(C)O. The van der Waals surface area contributed by atoms with Crippen molar-refractivity contribution in [2.45, 2.75) is 26.4 Å². The maximum atomic E-state index is 9.74. The molecule has 0 spiro atoms. The molecule has 3 N–H and O–H groups in total. The Morgan fingerprint density at radius 2 is 1.92 bits per heavy atom. The van der Waals surface area contributed by atoms with Gasteiger partial charge in [-0.3, -0.25) is 0 Å². The number of benzene rings is 1. The normalized spacial score (nSPS) is 11.7. The molecular weight excluding hydrogens is 150 g/mol. The van der Waals surface area contributed by atoms with Crippen molar-refractivity contribution < 1.29 is 5.11 Å². The van der Waals surface area contributed by atoms with Crippen LogP contribution < -0.4 is 5.73 Å². The van der Waals surface area contributed by atoms with E-state index in [1.807, 2.05) is 25.1 Å². The predicted octanol–water partition coefficient (Wildman–Crippen LogP) is 1.80. The van der Waals surface area contributed by atoms with E-state index in [0.717, 1.165) is 16.8 Å². The van der Waals surface area contributed by atoms with Crippen molar-refractivity contribution in [1.29, 1.82) is 0 Å². The van der Waals surface area contributed by atoms with Gasteiger partial charge in [-0.1, -0.05) is 12.1 Å². The molecule has 12 heavy (non-hydrogen) atoms. The van der Waals surface area contributed by atoms with Crippen molar-refractivity contribution in [3.05, 3.63) is 29.3 Å². The van der Waals surface area contributed by atoms with Crippen molar-refractivity contribution in [3.8, 4) is 0 Å². The number of nitrogen functional groups attached to an aromatic ring is 1. The zero-order valence-corrected chi connectivity index (χ0v) is 7.76. The van der Waals surface area contributed by atoms with Crippen LogP contribution in [0.5, 0.6) is 0 Å². The van der Waals surface area contributed by atoms with E-state index >= 15 is 0 Å². The second-order valence-electron chi connectivity index (χ2n) is 3.58. The first-order valence-corrected chi connectivity index (χ1v) is 4.01. The fourth-order valence-electron chi connectivity index (χ4n) is 1.32. The zero-order valence-electron chi connectivity index (χ0n) is 7.76. The van der Waals surface area contributed by atoms with Crippen molar-refractivity contribution >= 4 is 5.69 Å². The van der Waals surface area contributed by atoms with Gasteiger partial charge in [-0.05, 0) is 38.0 Å². The summed E-state index contributed by atoms with van der Waals surface area (Å²) in [5, 5.41) is 9.74. The van der Waals surface area contributed by atoms with Gasteiger partial charge in [-0.15, -0.1) is 0 Å². The number of nitrogens with two attached hydrogens (primary N) is 1. The molecule has 2 nitrogen and oxygen atoms in total. The average molecular weight is 165 g/mol. The van der Waals surface area contributed by atoms with E-state index in [4.69, 9.17) is 5.73 Å². The van der Waals surface area contributed by atoms with Gasteiger partial charge in [0, 0.05) is 5.69 Å². The summed E-state index contributed by atoms with van der Waals surface area (Å²) in [7, 11) is 0. The standard InChI is InChI=1S/C10H15NO/c1-7-8(10(2,3)12)5-4-6-9(7)11/h4-6,12H,11H2,1-3H3. The third-order valence-corrected chi connectivity index (χ3v) is 2.03. The summed E-state index contributed by atoms with van der Waals surface area (Å²) in [6.07, 6.45) is 0. The number of aliphatic hydroxyl groups is 1. The summed E-state index contributed by atoms with van der Waals surface area (Å²) in [5.41, 5.74) is 7.49. The van der Waals surface area contributed by atoms with Gasteiger partial charge < -0.3 is 10.8 Å². The Labute approximate surface area is 73.0 Å². The maximum absolute atomic E-state index is 9.74. The van der Waals surface area contributed by atoms with E-state index in [9.17, 15) is 5.11 Å². The Hall–Kier alpha value is -1.02. The lowest BCUT2D eigenvalue weighted by Crippen LogP contribution is -2.17. The zero-order chi connectivity index (χ0) is 9.35. The summed E-state index contributed by atoms with van der Waals surface area (Å²) in [6, 6.07) is 5.59. The molecule has 0 atom stereocenters. The summed E-state index contributed by atoms with van der Waals surface area (Å²) in [5.74, 6) is 0. The highest BCUT2D eigenvalue weighted by Crippen LogP contribution is 2.26. The first-order valence-electron chi connectivity index (χ1n) is 4.01. The molecular formula is C10H15NO. The number of rotatable bonds is 1. The third-order valence-electron chi connectivity index (χ3n) is 2.03. The highest BCUT2D eigenvalue weighted by molar-refractivity contribution is 5.51. The van der Waals surface area contributed by atoms with Crippen LogP contribution >= 0.6 is 0 Å². The van der Waals surface area contributed by atoms with Gasteiger partial charge in [0.15, 0.2) is 0 Å². The van der Waals surface area contributed by atoms with Crippen LogP contribution in [0.15, 0.2) is 18.2 Å². The minimum absolute atomic E-state index is 0.731. The Balaban J connectivity index is 3.26. The molecule has 1 rings (SSSR count). The fraction of sp³-hybridized carbons (Fsp3) is 0.400. The van der Waals surface area contributed by atoms with Crippen LogP contribution in [0.1, 0.15) is 25.0 Å². The van der Waals surface area contributed by atoms with Crippen LogP contribution in [0.4, 0.5) is 5.69 Å². The van der Waals surface area contributed by atoms with Gasteiger partial charge in [0.1, 0.15) is 0 Å². The molecule has 0 radical (unpaired) electrons. The van der Waals surface area contributed by atoms with Crippen LogP contribution in [0, 0.1) is 6.92 Å². The van der Waals surface area contributed by atoms with Crippen molar-refractivity contribution in [1.82, 2.24) is 0 Å². The van der Waals surface area contributed by atoms with E-state index in [2.05, 4.69) is 0 Å². The van der Waals surface area contributed by atoms with E-state index in [1.54, 1.807) is 13.8 Å². The molecule has 1 aromatic rings. The summed E-state index contributed by atoms with van der Waals surface area (Å²) < 4.78 is 0. The molecule has 0 aliphatic carbocycles. The fourth-order valence-corrected chi connectivity index (χ4v) is 1.32. The molecule has 0 amide bonds. The second kappa shape index (κ2) is 2.79. The van der Waals surface area contributed by atoms with E-state index in [-0.39, 0.29) is 0 Å². The van der Waals surface area contributed by atoms with Gasteiger partial charge in [0.2, 0.25) is 0 Å². The van der Waals surface area contributed by atoms with E-state index < -0.39 is 5.60 Å². The van der Waals surface area contributed by atoms with Crippen molar-refractivity contribution in [2.24, 2.45) is 0 Å². The average Bonchev–Trinajstić information content (AvgIpc) is 1.92. The van der Waals surface area contributed by atoms with Gasteiger partial charge in [-0.2, -0.15) is 0 Å². The molecule has 0 fully saturated rings. The second-order valence-corrected chi connectivity index (χ2v) is 3.58. The Bertz CT molecular complexity index is 286. The third kappa shape index (κ3) is 1.59. The minimum atomic E-state index is -0.806. The lowest BCUT2D eigenvalue weighted by molar-refractivity contribution is 0.0780. The number of hydrogen-bond acceptors (Lipinski definition) is 2. The Morgan fingerprint density at radius 3 is 2.33 bits per heavy atom. The van der Waals surface area contributed by atoms with E-state index in [0.29, 0.717) is 0 Å². The lowest BCUT2D eigenvalue weighted by Gasteiger charge is -2.20. The highest BCUT2D eigenvalue weighted by Gasteiger charge is 2.18. The van der Waals surface area contributed by atoms with Crippen molar-refractivity contribution in [2.75, 3.05) is 5.73 Å². The molecule has 1 aromatic carbocycles. The van der Waals surface area contributed by atoms with Crippen LogP contribution in [0.3, 0.4) is 0 Å². The van der Waals surface area contributed by atoms with Crippen molar-refractivity contribution in [3.63, 3.8) is 0 Å². The van der Waals surface area contributed by atoms with Gasteiger partial charge in [-0.25, -0.2) is 0 Å². The molecule has 0 aromatic heterocycles. The van der Waals surface area contributed by atoms with Crippen LogP contribution in [-0.4, -0.2) is 5.11 Å². The quantitative estimate of drug-likeness (QED) is 0.623. The molecule has 0 heterocycles. The predicted molar refractivity (Wildman–Crippen MR) is 50.8 cm³/mol. The molecule has 2 heteroatoms. The van der Waals surface area contributed by atoms with Gasteiger partial charge in [0.25, 0.3) is 0 Å². The summed E-state index contributed by atoms with van der Waals surface area (Å²) in [6.45, 7) is 5.44. The molecule has 0 bridgehead atoms. The number of anilines is 1. The van der Waals surface area contributed by atoms with E-state index in [1.165, 1.54) is 0 Å². The Morgan fingerprint density at radius 1 is 1.33 bits per heavy atom. The summed E-state index contributed by atoms with van der Waals surface area (Å²) >= 11 is 0. The van der Waals surface area contributed by atoms with Crippen LogP contribution in [0.2, 0.25) is 0 Å². The molecule has 0 saturated carbocycles. The smallest absolute Gasteiger partial charge is 0.0843 e. The first-order chi connectivity index (χ1) is 5.43. The lowest BCUT2D eigenvalue weighted by atomic mass is 9.93. The van der Waals surface area contributed by atoms with Gasteiger partial charge in [0.05, 0.1) is 5.60 Å². The topological polar surface area (TPSA) is 46.2 Å². The highest BCUT2D eigenvalue weighted by atomic mass is 16.3. The monoisotopic (exact) mass is 165 g/mol. The molecule has 0 aliphatic heterocycles. The molecule has 0 aliphatic rings. The number of hydrogen-bond donors (Lipinski definition) is 2. The first kappa shape index (κ1) is 9.07. The van der Waals surface area contributed by atoms with Gasteiger partial charge >= 0.3 is 0 Å². The maximum Gasteiger partial charge on any atom is 0.0843 e. The van der Waals surface area contributed by atoms with Crippen LogP contribution in [0.25, 0.3) is 0 Å². The van der Waals surface area contributed by atoms with Crippen LogP contribution in [-0.2, 0) is 5.60 Å². The molecule has 66 valence electrons. The molecule has 0 saturated heterocycles. The molecule has 0 unspecified atom stereocenters. The minimum Gasteiger partial charge on any atom is -0.399 e. The summed E-state index contributed by atoms with van der Waals surface area (Å²) in [4.78, 5) is 0. The Kier molecular flexibility index (Phi) is 2.11.